The van der Waals surface area contributed by atoms with Crippen LogP contribution in [0, 0.1) is 5.92 Å². The number of amides is 4. The number of carboxylic acid groups (broad SMARTS) is 1. The summed E-state index contributed by atoms with van der Waals surface area (Å²) in [6, 6.07) is 1.32. The second-order valence-corrected chi connectivity index (χ2v) is 8.34. The van der Waals surface area contributed by atoms with Crippen LogP contribution in [0.1, 0.15) is 39.2 Å². The first kappa shape index (κ1) is 28.4. The topological polar surface area (TPSA) is 214 Å². The van der Waals surface area contributed by atoms with Gasteiger partial charge in [0.2, 0.25) is 23.6 Å². The summed E-state index contributed by atoms with van der Waals surface area (Å²) >= 11 is 0. The number of nitrogens with two attached hydrogens (primary N) is 2. The summed E-state index contributed by atoms with van der Waals surface area (Å²) < 4.78 is 0. The van der Waals surface area contributed by atoms with E-state index in [1.807, 2.05) is 0 Å². The number of benzene rings is 1. The number of carbonyl (C=O) groups excluding carboxylic acids is 4. The zero-order valence-electron chi connectivity index (χ0n) is 19.4. The van der Waals surface area contributed by atoms with Gasteiger partial charge in [-0.3, -0.25) is 24.0 Å². The molecule has 1 aromatic carbocycles. The van der Waals surface area contributed by atoms with E-state index in [1.54, 1.807) is 13.8 Å². The lowest BCUT2D eigenvalue weighted by molar-refractivity contribution is -0.141. The van der Waals surface area contributed by atoms with Crippen molar-refractivity contribution in [3.05, 3.63) is 29.8 Å². The van der Waals surface area contributed by atoms with Crippen molar-refractivity contribution in [2.24, 2.45) is 17.4 Å². The number of hydrogen-bond donors (Lipinski definition) is 7. The molecular weight excluding hydrogens is 446 g/mol. The Bertz CT molecular complexity index is 888. The van der Waals surface area contributed by atoms with Crippen molar-refractivity contribution in [2.45, 2.75) is 64.2 Å². The lowest BCUT2D eigenvalue weighted by Crippen LogP contribution is -2.57. The molecule has 0 saturated carbocycles. The summed E-state index contributed by atoms with van der Waals surface area (Å²) in [5.74, 6) is -4.32. The fraction of sp³-hybridized carbons (Fsp3) is 0.500. The standard InChI is InChI=1S/C22H33N5O7/c1-11(2)18(24)21(32)26-15(8-9-17(23)29)19(30)27-16(20(31)25-12(3)22(33)34)10-13-4-6-14(28)7-5-13/h4-7,11-12,15-16,18,28H,8-10,24H2,1-3H3,(H2,23,29)(H,25,31)(H,26,32)(H,27,30)(H,33,34). The van der Waals surface area contributed by atoms with E-state index in [1.165, 1.54) is 31.2 Å². The Morgan fingerprint density at radius 2 is 1.41 bits per heavy atom. The minimum atomic E-state index is -1.27. The maximum absolute atomic E-state index is 13.0. The van der Waals surface area contributed by atoms with E-state index in [2.05, 4.69) is 16.0 Å². The number of primary amides is 1. The van der Waals surface area contributed by atoms with Gasteiger partial charge in [-0.1, -0.05) is 26.0 Å². The Labute approximate surface area is 197 Å². The van der Waals surface area contributed by atoms with Gasteiger partial charge in [0.1, 0.15) is 23.9 Å². The Balaban J connectivity index is 3.11. The molecule has 0 radical (unpaired) electrons. The summed E-state index contributed by atoms with van der Waals surface area (Å²) in [6.45, 7) is 4.72. The van der Waals surface area contributed by atoms with Gasteiger partial charge in [0.15, 0.2) is 0 Å². The molecule has 4 unspecified atom stereocenters. The molecule has 34 heavy (non-hydrogen) atoms. The number of aromatic hydroxyl groups is 1. The van der Waals surface area contributed by atoms with Crippen LogP contribution in [-0.2, 0) is 30.4 Å². The molecule has 0 aliphatic carbocycles. The van der Waals surface area contributed by atoms with Crippen LogP contribution in [0.2, 0.25) is 0 Å². The van der Waals surface area contributed by atoms with E-state index < -0.39 is 53.8 Å². The number of phenolic OH excluding ortho intramolecular Hbond substituents is 1. The molecule has 12 nitrogen and oxygen atoms in total. The number of rotatable bonds is 13. The maximum atomic E-state index is 13.0. The van der Waals surface area contributed by atoms with Gasteiger partial charge in [0.25, 0.3) is 0 Å². The van der Waals surface area contributed by atoms with Crippen LogP contribution < -0.4 is 27.4 Å². The molecule has 1 aromatic rings. The molecule has 0 aromatic heterocycles. The Morgan fingerprint density at radius 1 is 0.882 bits per heavy atom. The summed E-state index contributed by atoms with van der Waals surface area (Å²) in [7, 11) is 0. The molecule has 12 heteroatoms. The third kappa shape index (κ3) is 9.45. The molecule has 1 rings (SSSR count). The average Bonchev–Trinajstić information content (AvgIpc) is 2.76. The van der Waals surface area contributed by atoms with Crippen LogP contribution in [0.25, 0.3) is 0 Å². The minimum Gasteiger partial charge on any atom is -0.508 e. The quantitative estimate of drug-likeness (QED) is 0.181. The summed E-state index contributed by atoms with van der Waals surface area (Å²) in [4.78, 5) is 60.6. The van der Waals surface area contributed by atoms with Crippen molar-refractivity contribution in [1.82, 2.24) is 16.0 Å². The molecule has 188 valence electrons. The number of carbonyl (C=O) groups is 5. The fourth-order valence-corrected chi connectivity index (χ4v) is 2.85. The summed E-state index contributed by atoms with van der Waals surface area (Å²) in [5.41, 5.74) is 11.6. The van der Waals surface area contributed by atoms with Crippen molar-refractivity contribution in [2.75, 3.05) is 0 Å². The third-order valence-corrected chi connectivity index (χ3v) is 5.07. The molecule has 0 fully saturated rings. The molecule has 4 atom stereocenters. The predicted molar refractivity (Wildman–Crippen MR) is 122 cm³/mol. The van der Waals surface area contributed by atoms with Crippen LogP contribution in [0.5, 0.6) is 5.75 Å². The van der Waals surface area contributed by atoms with E-state index in [9.17, 15) is 29.1 Å². The Morgan fingerprint density at radius 3 is 1.91 bits per heavy atom. The lowest BCUT2D eigenvalue weighted by Gasteiger charge is -2.25. The van der Waals surface area contributed by atoms with Crippen LogP contribution >= 0.6 is 0 Å². The van der Waals surface area contributed by atoms with Crippen molar-refractivity contribution < 1.29 is 34.2 Å². The summed E-state index contributed by atoms with van der Waals surface area (Å²) in [5, 5.41) is 25.8. The highest BCUT2D eigenvalue weighted by molar-refractivity contribution is 5.94. The van der Waals surface area contributed by atoms with Gasteiger partial charge in [-0.15, -0.1) is 0 Å². The molecule has 0 heterocycles. The highest BCUT2D eigenvalue weighted by Crippen LogP contribution is 2.12. The first-order valence-corrected chi connectivity index (χ1v) is 10.8. The van der Waals surface area contributed by atoms with Crippen LogP contribution in [0.3, 0.4) is 0 Å². The molecular formula is C22H33N5O7. The van der Waals surface area contributed by atoms with Crippen molar-refractivity contribution >= 4 is 29.6 Å². The second kappa shape index (κ2) is 13.1. The van der Waals surface area contributed by atoms with Gasteiger partial charge in [0.05, 0.1) is 6.04 Å². The number of nitrogens with one attached hydrogen (secondary N) is 3. The lowest BCUT2D eigenvalue weighted by atomic mass is 10.0. The Hall–Kier alpha value is -3.67. The van der Waals surface area contributed by atoms with Gasteiger partial charge < -0.3 is 37.6 Å². The second-order valence-electron chi connectivity index (χ2n) is 8.34. The van der Waals surface area contributed by atoms with Crippen LogP contribution in [0.15, 0.2) is 24.3 Å². The number of phenols is 1. The maximum Gasteiger partial charge on any atom is 0.325 e. The molecule has 0 saturated heterocycles. The van der Waals surface area contributed by atoms with Crippen molar-refractivity contribution in [3.63, 3.8) is 0 Å². The van der Waals surface area contributed by atoms with Gasteiger partial charge in [-0.2, -0.15) is 0 Å². The first-order chi connectivity index (χ1) is 15.8. The molecule has 0 aliphatic heterocycles. The zero-order chi connectivity index (χ0) is 26.0. The predicted octanol–water partition coefficient (Wildman–Crippen LogP) is -1.26. The van der Waals surface area contributed by atoms with Crippen molar-refractivity contribution in [3.8, 4) is 5.75 Å². The number of carboxylic acids is 1. The SMILES string of the molecule is CC(NC(=O)C(Cc1ccc(O)cc1)NC(=O)C(CCC(N)=O)NC(=O)C(N)C(C)C)C(=O)O. The normalized spacial score (nSPS) is 14.4. The average molecular weight is 480 g/mol. The van der Waals surface area contributed by atoms with Crippen LogP contribution in [0.4, 0.5) is 0 Å². The fourth-order valence-electron chi connectivity index (χ4n) is 2.85. The zero-order valence-corrected chi connectivity index (χ0v) is 19.4. The largest absolute Gasteiger partial charge is 0.508 e. The molecule has 4 amide bonds. The van der Waals surface area contributed by atoms with E-state index >= 15 is 0 Å². The highest BCUT2D eigenvalue weighted by atomic mass is 16.4. The first-order valence-electron chi connectivity index (χ1n) is 10.8. The molecule has 9 N–H and O–H groups in total. The Kier molecular flexibility index (Phi) is 11.0. The number of hydrogen-bond acceptors (Lipinski definition) is 7. The monoisotopic (exact) mass is 479 g/mol. The third-order valence-electron chi connectivity index (χ3n) is 5.07. The van der Waals surface area contributed by atoms with Gasteiger partial charge in [0, 0.05) is 12.8 Å². The van der Waals surface area contributed by atoms with Gasteiger partial charge in [-0.05, 0) is 37.0 Å². The highest BCUT2D eigenvalue weighted by Gasteiger charge is 2.30. The van der Waals surface area contributed by atoms with Crippen molar-refractivity contribution in [1.29, 1.82) is 0 Å². The van der Waals surface area contributed by atoms with Gasteiger partial charge >= 0.3 is 5.97 Å². The van der Waals surface area contributed by atoms with E-state index in [0.29, 0.717) is 5.56 Å². The molecule has 0 spiro atoms. The molecule has 0 bridgehead atoms. The van der Waals surface area contributed by atoms with E-state index in [-0.39, 0.29) is 30.9 Å². The van der Waals surface area contributed by atoms with E-state index in [4.69, 9.17) is 16.6 Å². The smallest absolute Gasteiger partial charge is 0.325 e. The number of aliphatic carboxylic acids is 1. The molecule has 0 aliphatic rings. The van der Waals surface area contributed by atoms with Gasteiger partial charge in [-0.25, -0.2) is 0 Å². The van der Waals surface area contributed by atoms with Crippen LogP contribution in [-0.4, -0.2) is 64.0 Å². The summed E-state index contributed by atoms with van der Waals surface area (Å²) in [6.07, 6.45) is -0.372. The van der Waals surface area contributed by atoms with E-state index in [0.717, 1.165) is 0 Å². The minimum absolute atomic E-state index is 0.00371.